The number of anilines is 2. The Hall–Kier alpha value is -1.81. The molecule has 0 aliphatic carbocycles. The van der Waals surface area contributed by atoms with Gasteiger partial charge in [0.15, 0.2) is 0 Å². The van der Waals surface area contributed by atoms with Crippen LogP contribution in [-0.4, -0.2) is 42.6 Å². The summed E-state index contributed by atoms with van der Waals surface area (Å²) in [6, 6.07) is 6.12. The highest BCUT2D eigenvalue weighted by atomic mass is 15.3. The van der Waals surface area contributed by atoms with Gasteiger partial charge in [-0.3, -0.25) is 0 Å². The molecule has 0 unspecified atom stereocenters. The predicted octanol–water partition coefficient (Wildman–Crippen LogP) is 2.27. The first-order valence-electron chi connectivity index (χ1n) is 7.32. The normalized spacial score (nSPS) is 16.8. The second kappa shape index (κ2) is 5.29. The van der Waals surface area contributed by atoms with Crippen molar-refractivity contribution < 1.29 is 0 Å². The number of piperazine rings is 1. The minimum Gasteiger partial charge on any atom is -0.398 e. The molecule has 2 N–H and O–H groups in total. The van der Waals surface area contributed by atoms with Gasteiger partial charge in [0.2, 0.25) is 0 Å². The van der Waals surface area contributed by atoms with Crippen LogP contribution in [0.3, 0.4) is 0 Å². The van der Waals surface area contributed by atoms with Crippen molar-refractivity contribution in [3.8, 4) is 0 Å². The number of hydrogen-bond donors (Lipinski definition) is 1. The first-order valence-corrected chi connectivity index (χ1v) is 7.32. The average molecular weight is 270 g/mol. The molecular weight excluding hydrogens is 248 g/mol. The van der Waals surface area contributed by atoms with Gasteiger partial charge >= 0.3 is 0 Å². The summed E-state index contributed by atoms with van der Waals surface area (Å²) in [6.45, 7) is 9.70. The van der Waals surface area contributed by atoms with Crippen LogP contribution in [0, 0.1) is 6.92 Å². The van der Waals surface area contributed by atoms with Gasteiger partial charge in [-0.05, 0) is 25.1 Å². The third-order valence-corrected chi connectivity index (χ3v) is 4.23. The van der Waals surface area contributed by atoms with Gasteiger partial charge in [0.25, 0.3) is 0 Å². The summed E-state index contributed by atoms with van der Waals surface area (Å²) >= 11 is 0. The molecule has 0 saturated carbocycles. The SMILES string of the molecule is CCN1CCN(c2ncc(C)c3c(N)cccc23)CC1. The lowest BCUT2D eigenvalue weighted by Crippen LogP contribution is -2.46. The summed E-state index contributed by atoms with van der Waals surface area (Å²) in [7, 11) is 0. The molecule has 1 aliphatic rings. The molecule has 1 fully saturated rings. The highest BCUT2D eigenvalue weighted by Crippen LogP contribution is 2.31. The summed E-state index contributed by atoms with van der Waals surface area (Å²) in [5, 5.41) is 2.32. The number of nitrogen functional groups attached to an aromatic ring is 1. The van der Waals surface area contributed by atoms with E-state index >= 15 is 0 Å². The van der Waals surface area contributed by atoms with Crippen LogP contribution in [0.25, 0.3) is 10.8 Å². The standard InChI is InChI=1S/C16H22N4/c1-3-19-7-9-20(10-8-19)16-13-5-4-6-14(17)15(13)12(2)11-18-16/h4-6,11H,3,7-10,17H2,1-2H3. The quantitative estimate of drug-likeness (QED) is 0.850. The van der Waals surface area contributed by atoms with E-state index in [4.69, 9.17) is 5.73 Å². The lowest BCUT2D eigenvalue weighted by molar-refractivity contribution is 0.271. The number of likely N-dealkylation sites (N-methyl/N-ethyl adjacent to an activating group) is 1. The van der Waals surface area contributed by atoms with Crippen LogP contribution >= 0.6 is 0 Å². The first kappa shape index (κ1) is 13.2. The number of nitrogens with two attached hydrogens (primary N) is 1. The largest absolute Gasteiger partial charge is 0.398 e. The van der Waals surface area contributed by atoms with Gasteiger partial charge in [-0.25, -0.2) is 4.98 Å². The van der Waals surface area contributed by atoms with Crippen molar-refractivity contribution in [3.63, 3.8) is 0 Å². The fourth-order valence-electron chi connectivity index (χ4n) is 3.02. The van der Waals surface area contributed by atoms with Gasteiger partial charge in [-0.2, -0.15) is 0 Å². The van der Waals surface area contributed by atoms with E-state index in [1.165, 1.54) is 5.39 Å². The van der Waals surface area contributed by atoms with Crippen molar-refractivity contribution >= 4 is 22.3 Å². The Morgan fingerprint density at radius 1 is 1.20 bits per heavy atom. The summed E-state index contributed by atoms with van der Waals surface area (Å²) in [5.74, 6) is 1.08. The molecule has 0 bridgehead atoms. The highest BCUT2D eigenvalue weighted by molar-refractivity contribution is 6.01. The Bertz CT molecular complexity index is 607. The minimum atomic E-state index is 0.843. The van der Waals surface area contributed by atoms with Crippen molar-refractivity contribution in [2.45, 2.75) is 13.8 Å². The fourth-order valence-corrected chi connectivity index (χ4v) is 3.02. The summed E-state index contributed by atoms with van der Waals surface area (Å²) in [4.78, 5) is 9.53. The van der Waals surface area contributed by atoms with Gasteiger partial charge < -0.3 is 15.5 Å². The maximum Gasteiger partial charge on any atom is 0.136 e. The van der Waals surface area contributed by atoms with Crippen LogP contribution in [0.2, 0.25) is 0 Å². The molecule has 20 heavy (non-hydrogen) atoms. The van der Waals surface area contributed by atoms with Crippen molar-refractivity contribution in [2.24, 2.45) is 0 Å². The van der Waals surface area contributed by atoms with Crippen LogP contribution < -0.4 is 10.6 Å². The zero-order valence-electron chi connectivity index (χ0n) is 12.3. The molecule has 0 spiro atoms. The van der Waals surface area contributed by atoms with E-state index in [0.29, 0.717) is 0 Å². The van der Waals surface area contributed by atoms with Crippen molar-refractivity contribution in [2.75, 3.05) is 43.4 Å². The number of fused-ring (bicyclic) bond motifs is 1. The third kappa shape index (κ3) is 2.20. The van der Waals surface area contributed by atoms with Crippen LogP contribution in [0.15, 0.2) is 24.4 Å². The van der Waals surface area contributed by atoms with E-state index in [9.17, 15) is 0 Å². The zero-order valence-corrected chi connectivity index (χ0v) is 12.3. The van der Waals surface area contributed by atoms with Crippen LogP contribution in [0.4, 0.5) is 11.5 Å². The predicted molar refractivity (Wildman–Crippen MR) is 85.2 cm³/mol. The number of pyridine rings is 1. The van der Waals surface area contributed by atoms with Crippen LogP contribution in [0.1, 0.15) is 12.5 Å². The Morgan fingerprint density at radius 2 is 1.95 bits per heavy atom. The Labute approximate surface area is 120 Å². The summed E-state index contributed by atoms with van der Waals surface area (Å²) in [6.07, 6.45) is 1.94. The molecule has 3 rings (SSSR count). The molecule has 1 aromatic carbocycles. The molecule has 0 radical (unpaired) electrons. The maximum atomic E-state index is 6.14. The second-order valence-electron chi connectivity index (χ2n) is 5.46. The monoisotopic (exact) mass is 270 g/mol. The zero-order chi connectivity index (χ0) is 14.1. The molecule has 1 aromatic heterocycles. The van der Waals surface area contributed by atoms with E-state index in [1.54, 1.807) is 0 Å². The number of hydrogen-bond acceptors (Lipinski definition) is 4. The minimum absolute atomic E-state index is 0.843. The lowest BCUT2D eigenvalue weighted by Gasteiger charge is -2.35. The molecular formula is C16H22N4. The molecule has 106 valence electrons. The number of benzene rings is 1. The van der Waals surface area contributed by atoms with E-state index in [-0.39, 0.29) is 0 Å². The Morgan fingerprint density at radius 3 is 2.65 bits per heavy atom. The number of aryl methyl sites for hydroxylation is 1. The molecule has 2 heterocycles. The van der Waals surface area contributed by atoms with Crippen LogP contribution in [-0.2, 0) is 0 Å². The Balaban J connectivity index is 2.01. The Kier molecular flexibility index (Phi) is 3.49. The van der Waals surface area contributed by atoms with E-state index in [1.807, 2.05) is 18.3 Å². The maximum absolute atomic E-state index is 6.14. The molecule has 1 aliphatic heterocycles. The van der Waals surface area contributed by atoms with E-state index < -0.39 is 0 Å². The fraction of sp³-hybridized carbons (Fsp3) is 0.438. The molecule has 0 atom stereocenters. The van der Waals surface area contributed by atoms with Gasteiger partial charge in [0.05, 0.1) is 0 Å². The average Bonchev–Trinajstić information content (AvgIpc) is 2.48. The van der Waals surface area contributed by atoms with Gasteiger partial charge in [-0.1, -0.05) is 19.1 Å². The van der Waals surface area contributed by atoms with Gasteiger partial charge in [0.1, 0.15) is 5.82 Å². The molecule has 4 nitrogen and oxygen atoms in total. The third-order valence-electron chi connectivity index (χ3n) is 4.23. The number of rotatable bonds is 2. The van der Waals surface area contributed by atoms with Gasteiger partial charge in [0, 0.05) is 48.8 Å². The molecule has 2 aromatic rings. The smallest absolute Gasteiger partial charge is 0.136 e. The van der Waals surface area contributed by atoms with Crippen molar-refractivity contribution in [3.05, 3.63) is 30.0 Å². The molecule has 4 heteroatoms. The topological polar surface area (TPSA) is 45.4 Å². The first-order chi connectivity index (χ1) is 9.70. The lowest BCUT2D eigenvalue weighted by atomic mass is 10.1. The van der Waals surface area contributed by atoms with E-state index in [2.05, 4.69) is 34.7 Å². The summed E-state index contributed by atoms with van der Waals surface area (Å²) < 4.78 is 0. The van der Waals surface area contributed by atoms with Crippen molar-refractivity contribution in [1.82, 2.24) is 9.88 Å². The summed E-state index contributed by atoms with van der Waals surface area (Å²) in [5.41, 5.74) is 8.14. The highest BCUT2D eigenvalue weighted by Gasteiger charge is 2.19. The van der Waals surface area contributed by atoms with Crippen LogP contribution in [0.5, 0.6) is 0 Å². The van der Waals surface area contributed by atoms with Crippen molar-refractivity contribution in [1.29, 1.82) is 0 Å². The number of aromatic nitrogens is 1. The van der Waals surface area contributed by atoms with Gasteiger partial charge in [-0.15, -0.1) is 0 Å². The van der Waals surface area contributed by atoms with E-state index in [0.717, 1.165) is 55.2 Å². The second-order valence-corrected chi connectivity index (χ2v) is 5.46. The number of nitrogens with zero attached hydrogens (tertiary/aromatic N) is 3. The molecule has 1 saturated heterocycles. The molecule has 0 amide bonds.